The predicted octanol–water partition coefficient (Wildman–Crippen LogP) is 3.42. The molecule has 1 heterocycles. The minimum atomic E-state index is -0.664. The molecule has 3 aliphatic rings. The van der Waals surface area contributed by atoms with Gasteiger partial charge in [-0.3, -0.25) is 19.3 Å². The number of carbonyl (C=O) groups excluding carboxylic acids is 4. The van der Waals surface area contributed by atoms with Crippen molar-refractivity contribution >= 4 is 35.1 Å². The fraction of sp³-hybridized carbons (Fsp3) is 0.385. The number of nitrogens with zero attached hydrogens (tertiary/aromatic N) is 1. The van der Waals surface area contributed by atoms with E-state index in [2.05, 4.69) is 5.32 Å². The second kappa shape index (κ2) is 8.93. The number of hydrogen-bond acceptors (Lipinski definition) is 6. The molecule has 2 bridgehead atoms. The zero-order valence-electron chi connectivity index (χ0n) is 18.9. The van der Waals surface area contributed by atoms with Gasteiger partial charge in [-0.05, 0) is 86.6 Å². The number of fused-ring (bicyclic) bond motifs is 5. The van der Waals surface area contributed by atoms with Crippen LogP contribution in [0.3, 0.4) is 0 Å². The summed E-state index contributed by atoms with van der Waals surface area (Å²) in [5, 5.41) is 2.65. The van der Waals surface area contributed by atoms with Crippen LogP contribution in [0.5, 0.6) is 5.75 Å². The number of ether oxygens (including phenoxy) is 2. The standard InChI is InChI=1S/C26H26N2O6/c1-2-33-20-11-7-18(8-12-20)27-21(29)14-34-26(32)15-5-9-19(10-6-15)28-24(30)22-16-3-4-17(13-16)23(22)25(28)31/h5-12,16-17,22-23H,2-4,13-14H2,1H3,(H,27,29)/t16-,17-,22+,23+/m0/s1. The number of carbonyl (C=O) groups is 4. The average Bonchev–Trinajstić information content (AvgIpc) is 3.53. The van der Waals surface area contributed by atoms with Gasteiger partial charge in [0.2, 0.25) is 11.8 Å². The Kier molecular flexibility index (Phi) is 5.81. The molecule has 0 radical (unpaired) electrons. The van der Waals surface area contributed by atoms with Crippen LogP contribution in [0.15, 0.2) is 48.5 Å². The summed E-state index contributed by atoms with van der Waals surface area (Å²) in [7, 11) is 0. The molecule has 8 nitrogen and oxygen atoms in total. The molecular formula is C26H26N2O6. The van der Waals surface area contributed by atoms with Crippen molar-refractivity contribution in [3.8, 4) is 5.75 Å². The van der Waals surface area contributed by atoms with E-state index in [1.165, 1.54) is 17.0 Å². The molecule has 34 heavy (non-hydrogen) atoms. The van der Waals surface area contributed by atoms with Gasteiger partial charge in [0.1, 0.15) is 5.75 Å². The monoisotopic (exact) mass is 462 g/mol. The van der Waals surface area contributed by atoms with Gasteiger partial charge in [-0.2, -0.15) is 0 Å². The highest BCUT2D eigenvalue weighted by Crippen LogP contribution is 2.56. The van der Waals surface area contributed by atoms with Crippen LogP contribution in [0.2, 0.25) is 0 Å². The topological polar surface area (TPSA) is 102 Å². The zero-order valence-corrected chi connectivity index (χ0v) is 18.9. The van der Waals surface area contributed by atoms with E-state index in [0.717, 1.165) is 19.3 Å². The van der Waals surface area contributed by atoms with Crippen molar-refractivity contribution in [2.45, 2.75) is 26.2 Å². The Labute approximate surface area is 197 Å². The smallest absolute Gasteiger partial charge is 0.338 e. The number of anilines is 2. The molecule has 0 unspecified atom stereocenters. The van der Waals surface area contributed by atoms with Gasteiger partial charge >= 0.3 is 5.97 Å². The van der Waals surface area contributed by atoms with Gasteiger partial charge in [-0.15, -0.1) is 0 Å². The molecule has 4 atom stereocenters. The van der Waals surface area contributed by atoms with Gasteiger partial charge in [0.05, 0.1) is 29.7 Å². The first-order valence-corrected chi connectivity index (χ1v) is 11.6. The molecule has 2 saturated carbocycles. The van der Waals surface area contributed by atoms with Crippen LogP contribution in [-0.2, 0) is 19.1 Å². The van der Waals surface area contributed by atoms with Crippen molar-refractivity contribution < 1.29 is 28.7 Å². The highest BCUT2D eigenvalue weighted by molar-refractivity contribution is 6.22. The van der Waals surface area contributed by atoms with Crippen molar-refractivity contribution in [2.75, 3.05) is 23.4 Å². The molecular weight excluding hydrogens is 436 g/mol. The molecule has 2 aliphatic carbocycles. The lowest BCUT2D eigenvalue weighted by atomic mass is 9.81. The third kappa shape index (κ3) is 3.93. The van der Waals surface area contributed by atoms with E-state index < -0.39 is 18.5 Å². The van der Waals surface area contributed by atoms with Crippen molar-refractivity contribution in [3.63, 3.8) is 0 Å². The van der Waals surface area contributed by atoms with Crippen LogP contribution in [0.4, 0.5) is 11.4 Å². The van der Waals surface area contributed by atoms with E-state index in [-0.39, 0.29) is 29.2 Å². The summed E-state index contributed by atoms with van der Waals surface area (Å²) in [4.78, 5) is 51.6. The van der Waals surface area contributed by atoms with Gasteiger partial charge in [-0.25, -0.2) is 4.79 Å². The second-order valence-corrected chi connectivity index (χ2v) is 9.03. The van der Waals surface area contributed by atoms with E-state index in [1.54, 1.807) is 36.4 Å². The molecule has 2 aromatic rings. The Morgan fingerprint density at radius 3 is 2.15 bits per heavy atom. The molecule has 1 N–H and O–H groups in total. The van der Waals surface area contributed by atoms with Crippen LogP contribution in [-0.4, -0.2) is 36.9 Å². The van der Waals surface area contributed by atoms with Crippen LogP contribution in [0.25, 0.3) is 0 Å². The van der Waals surface area contributed by atoms with Gasteiger partial charge < -0.3 is 14.8 Å². The lowest BCUT2D eigenvalue weighted by molar-refractivity contribution is -0.123. The molecule has 8 heteroatoms. The highest BCUT2D eigenvalue weighted by atomic mass is 16.5. The lowest BCUT2D eigenvalue weighted by Gasteiger charge is -2.19. The van der Waals surface area contributed by atoms with Crippen molar-refractivity contribution in [1.82, 2.24) is 0 Å². The Balaban J connectivity index is 1.16. The van der Waals surface area contributed by atoms with E-state index >= 15 is 0 Å². The lowest BCUT2D eigenvalue weighted by Crippen LogP contribution is -2.32. The summed E-state index contributed by atoms with van der Waals surface area (Å²) in [5.74, 6) is -0.422. The molecule has 1 saturated heterocycles. The van der Waals surface area contributed by atoms with Crippen molar-refractivity contribution in [3.05, 3.63) is 54.1 Å². The largest absolute Gasteiger partial charge is 0.494 e. The minimum Gasteiger partial charge on any atom is -0.494 e. The summed E-state index contributed by atoms with van der Waals surface area (Å²) < 4.78 is 10.5. The van der Waals surface area contributed by atoms with Gasteiger partial charge in [0.25, 0.3) is 5.91 Å². The maximum Gasteiger partial charge on any atom is 0.338 e. The maximum atomic E-state index is 12.9. The minimum absolute atomic E-state index is 0.122. The van der Waals surface area contributed by atoms with Crippen LogP contribution in [0.1, 0.15) is 36.5 Å². The number of esters is 1. The van der Waals surface area contributed by atoms with Gasteiger partial charge in [-0.1, -0.05) is 0 Å². The van der Waals surface area contributed by atoms with E-state index in [1.807, 2.05) is 6.92 Å². The molecule has 1 aliphatic heterocycles. The SMILES string of the molecule is CCOc1ccc(NC(=O)COC(=O)c2ccc(N3C(=O)[C@@H]4[C@H]5CC[C@@H](C5)[C@H]4C3=O)cc2)cc1. The summed E-state index contributed by atoms with van der Waals surface area (Å²) in [6.45, 7) is 2.00. The first-order valence-electron chi connectivity index (χ1n) is 11.6. The second-order valence-electron chi connectivity index (χ2n) is 9.03. The van der Waals surface area contributed by atoms with E-state index in [0.29, 0.717) is 35.6 Å². The highest BCUT2D eigenvalue weighted by Gasteiger charge is 2.61. The molecule has 0 spiro atoms. The van der Waals surface area contributed by atoms with Crippen LogP contribution >= 0.6 is 0 Å². The molecule has 3 fully saturated rings. The van der Waals surface area contributed by atoms with Crippen molar-refractivity contribution in [2.24, 2.45) is 23.7 Å². The summed E-state index contributed by atoms with van der Waals surface area (Å²) >= 11 is 0. The number of rotatable bonds is 7. The molecule has 176 valence electrons. The summed E-state index contributed by atoms with van der Waals surface area (Å²) in [5.41, 5.74) is 1.26. The third-order valence-corrected chi connectivity index (χ3v) is 7.07. The van der Waals surface area contributed by atoms with Crippen molar-refractivity contribution in [1.29, 1.82) is 0 Å². The number of nitrogens with one attached hydrogen (secondary N) is 1. The van der Waals surface area contributed by atoms with E-state index in [9.17, 15) is 19.2 Å². The van der Waals surface area contributed by atoms with E-state index in [4.69, 9.17) is 9.47 Å². The Bertz CT molecular complexity index is 1100. The van der Waals surface area contributed by atoms with Gasteiger partial charge in [0, 0.05) is 5.69 Å². The Hall–Kier alpha value is -3.68. The predicted molar refractivity (Wildman–Crippen MR) is 123 cm³/mol. The third-order valence-electron chi connectivity index (χ3n) is 7.07. The fourth-order valence-corrected chi connectivity index (χ4v) is 5.62. The molecule has 0 aromatic heterocycles. The normalized spacial score (nSPS) is 24.8. The molecule has 3 amide bonds. The first-order chi connectivity index (χ1) is 16.5. The Morgan fingerprint density at radius 1 is 0.941 bits per heavy atom. The van der Waals surface area contributed by atoms with Gasteiger partial charge in [0.15, 0.2) is 6.61 Å². The van der Waals surface area contributed by atoms with Crippen LogP contribution in [0, 0.1) is 23.7 Å². The quantitative estimate of drug-likeness (QED) is 0.500. The number of imide groups is 1. The number of benzene rings is 2. The number of hydrogen-bond donors (Lipinski definition) is 1. The maximum absolute atomic E-state index is 12.9. The Morgan fingerprint density at radius 2 is 1.56 bits per heavy atom. The summed E-state index contributed by atoms with van der Waals surface area (Å²) in [6, 6.07) is 13.0. The first kappa shape index (κ1) is 22.1. The average molecular weight is 463 g/mol. The summed E-state index contributed by atoms with van der Waals surface area (Å²) in [6.07, 6.45) is 3.03. The number of amides is 3. The zero-order chi connectivity index (χ0) is 23.8. The molecule has 2 aromatic carbocycles. The fourth-order valence-electron chi connectivity index (χ4n) is 5.62. The van der Waals surface area contributed by atoms with Crippen LogP contribution < -0.4 is 15.0 Å². The molecule has 5 rings (SSSR count).